The molecule has 0 aliphatic carbocycles. The van der Waals surface area contributed by atoms with Crippen molar-refractivity contribution in [3.63, 3.8) is 0 Å². The summed E-state index contributed by atoms with van der Waals surface area (Å²) < 4.78 is 5.92. The van der Waals surface area contributed by atoms with E-state index in [1.165, 1.54) is 116 Å². The van der Waals surface area contributed by atoms with Gasteiger partial charge in [0, 0.05) is 6.42 Å². The van der Waals surface area contributed by atoms with Crippen LogP contribution in [0, 0.1) is 0 Å². The number of amides is 1. The molecule has 0 heterocycles. The number of hydrogen-bond donors (Lipinski definition) is 3. The van der Waals surface area contributed by atoms with E-state index in [1.54, 1.807) is 0 Å². The number of aliphatic hydroxyl groups is 2. The third-order valence-electron chi connectivity index (χ3n) is 11.2. The van der Waals surface area contributed by atoms with Gasteiger partial charge in [-0.2, -0.15) is 0 Å². The lowest BCUT2D eigenvalue weighted by molar-refractivity contribution is -0.151. The number of nitrogens with one attached hydrogen (secondary N) is 1. The summed E-state index contributed by atoms with van der Waals surface area (Å²) in [5.41, 5.74) is 0. The first kappa shape index (κ1) is 55.1. The maximum Gasteiger partial charge on any atom is 0.306 e. The molecule has 334 valence electrons. The van der Waals surface area contributed by atoms with Crippen molar-refractivity contribution < 1.29 is 24.5 Å². The van der Waals surface area contributed by atoms with E-state index >= 15 is 0 Å². The lowest BCUT2D eigenvalue weighted by Crippen LogP contribution is -2.46. The van der Waals surface area contributed by atoms with E-state index in [2.05, 4.69) is 62.5 Å². The Morgan fingerprint density at radius 1 is 0.526 bits per heavy atom. The molecule has 0 aromatic heterocycles. The fraction of sp³-hybridized carbons (Fsp3) is 0.843. The summed E-state index contributed by atoms with van der Waals surface area (Å²) in [4.78, 5) is 26.1. The number of hydrogen-bond acceptors (Lipinski definition) is 5. The molecule has 57 heavy (non-hydrogen) atoms. The van der Waals surface area contributed by atoms with Crippen LogP contribution in [0.25, 0.3) is 0 Å². The summed E-state index contributed by atoms with van der Waals surface area (Å²) in [5.74, 6) is -0.488. The number of ether oxygens (including phenoxy) is 1. The molecule has 0 aromatic rings. The summed E-state index contributed by atoms with van der Waals surface area (Å²) >= 11 is 0. The molecular weight excluding hydrogens is 707 g/mol. The van der Waals surface area contributed by atoms with Gasteiger partial charge in [0.15, 0.2) is 0 Å². The Labute approximate surface area is 353 Å². The normalized spacial score (nSPS) is 13.6. The quantitative estimate of drug-likeness (QED) is 0.0324. The van der Waals surface area contributed by atoms with E-state index in [-0.39, 0.29) is 24.9 Å². The lowest BCUT2D eigenvalue weighted by atomic mass is 10.0. The summed E-state index contributed by atoms with van der Waals surface area (Å²) in [6.07, 6.45) is 52.1. The molecule has 3 atom stereocenters. The topological polar surface area (TPSA) is 95.9 Å². The van der Waals surface area contributed by atoms with Crippen molar-refractivity contribution in [2.45, 2.75) is 270 Å². The molecule has 0 rings (SSSR count). The van der Waals surface area contributed by atoms with Gasteiger partial charge in [-0.05, 0) is 57.8 Å². The van der Waals surface area contributed by atoms with Crippen molar-refractivity contribution in [2.75, 3.05) is 6.61 Å². The van der Waals surface area contributed by atoms with Crippen LogP contribution in [0.5, 0.6) is 0 Å². The van der Waals surface area contributed by atoms with Crippen molar-refractivity contribution >= 4 is 11.9 Å². The van der Waals surface area contributed by atoms with Crippen LogP contribution in [0.2, 0.25) is 0 Å². The van der Waals surface area contributed by atoms with E-state index < -0.39 is 18.2 Å². The summed E-state index contributed by atoms with van der Waals surface area (Å²) in [7, 11) is 0. The third kappa shape index (κ3) is 40.6. The van der Waals surface area contributed by atoms with Crippen molar-refractivity contribution in [1.82, 2.24) is 5.32 Å². The average molecular weight is 802 g/mol. The van der Waals surface area contributed by atoms with Gasteiger partial charge in [0.1, 0.15) is 6.10 Å². The largest absolute Gasteiger partial charge is 0.462 e. The first-order valence-corrected chi connectivity index (χ1v) is 24.7. The predicted octanol–water partition coefficient (Wildman–Crippen LogP) is 14.5. The molecule has 0 aliphatic heterocycles. The zero-order valence-corrected chi connectivity index (χ0v) is 38.0. The summed E-state index contributed by atoms with van der Waals surface area (Å²) in [5, 5.41) is 23.6. The van der Waals surface area contributed by atoms with E-state index in [9.17, 15) is 19.8 Å². The minimum atomic E-state index is -0.789. The highest BCUT2D eigenvalue weighted by atomic mass is 16.5. The van der Waals surface area contributed by atoms with Crippen LogP contribution >= 0.6 is 0 Å². The Bertz CT molecular complexity index is 946. The molecule has 0 saturated carbocycles. The number of allylic oxidation sites excluding steroid dienone is 6. The Hall–Kier alpha value is -1.92. The molecule has 1 amide bonds. The van der Waals surface area contributed by atoms with Gasteiger partial charge in [0.25, 0.3) is 0 Å². The van der Waals surface area contributed by atoms with Crippen LogP contribution in [-0.4, -0.2) is 46.9 Å². The maximum atomic E-state index is 13.1. The highest BCUT2D eigenvalue weighted by molar-refractivity contribution is 5.77. The molecule has 0 spiro atoms. The van der Waals surface area contributed by atoms with Crippen LogP contribution in [-0.2, 0) is 14.3 Å². The second kappa shape index (κ2) is 45.2. The first-order valence-electron chi connectivity index (χ1n) is 24.7. The third-order valence-corrected chi connectivity index (χ3v) is 11.2. The van der Waals surface area contributed by atoms with E-state index in [4.69, 9.17) is 4.74 Å². The van der Waals surface area contributed by atoms with Gasteiger partial charge in [-0.25, -0.2) is 0 Å². The number of rotatable bonds is 44. The summed E-state index contributed by atoms with van der Waals surface area (Å²) in [6.45, 7) is 6.35. The monoisotopic (exact) mass is 802 g/mol. The number of carbonyl (C=O) groups is 2. The van der Waals surface area contributed by atoms with E-state index in [1.807, 2.05) is 0 Å². The van der Waals surface area contributed by atoms with Crippen molar-refractivity contribution in [1.29, 1.82) is 0 Å². The lowest BCUT2D eigenvalue weighted by Gasteiger charge is -2.24. The predicted molar refractivity (Wildman–Crippen MR) is 246 cm³/mol. The minimum absolute atomic E-state index is 0.0658. The van der Waals surface area contributed by atoms with Gasteiger partial charge in [-0.1, -0.05) is 218 Å². The second-order valence-electron chi connectivity index (χ2n) is 16.8. The molecule has 0 saturated heterocycles. The molecule has 0 fully saturated rings. The Kier molecular flexibility index (Phi) is 43.6. The van der Waals surface area contributed by atoms with Crippen LogP contribution < -0.4 is 5.32 Å². The van der Waals surface area contributed by atoms with Gasteiger partial charge in [-0.15, -0.1) is 0 Å². The molecule has 3 N–H and O–H groups in total. The number of carbonyl (C=O) groups excluding carboxylic acids is 2. The zero-order valence-electron chi connectivity index (χ0n) is 38.0. The maximum absolute atomic E-state index is 13.1. The van der Waals surface area contributed by atoms with Crippen molar-refractivity contribution in [2.24, 2.45) is 0 Å². The Balaban J connectivity index is 4.59. The van der Waals surface area contributed by atoms with E-state index in [0.29, 0.717) is 19.3 Å². The van der Waals surface area contributed by atoms with Gasteiger partial charge in [0.05, 0.1) is 25.2 Å². The first-order chi connectivity index (χ1) is 28.0. The molecule has 0 aliphatic rings. The van der Waals surface area contributed by atoms with Crippen LogP contribution in [0.4, 0.5) is 0 Å². The number of aliphatic hydroxyl groups excluding tert-OH is 2. The fourth-order valence-corrected chi connectivity index (χ4v) is 7.50. The molecule has 3 unspecified atom stereocenters. The second-order valence-corrected chi connectivity index (χ2v) is 16.8. The SMILES string of the molecule is CC/C=C/C/C=C/C/C=C/CCCCCCC(CC(=O)NC(CO)C(O)CCCCCCCCCCC)OC(=O)CCCCCCCCCCCCCCCCC. The average Bonchev–Trinajstić information content (AvgIpc) is 3.20. The Morgan fingerprint density at radius 2 is 0.947 bits per heavy atom. The smallest absolute Gasteiger partial charge is 0.306 e. The number of esters is 1. The highest BCUT2D eigenvalue weighted by Crippen LogP contribution is 2.18. The van der Waals surface area contributed by atoms with Gasteiger partial charge < -0.3 is 20.3 Å². The van der Waals surface area contributed by atoms with Gasteiger partial charge in [-0.3, -0.25) is 9.59 Å². The summed E-state index contributed by atoms with van der Waals surface area (Å²) in [6, 6.07) is -0.704. The van der Waals surface area contributed by atoms with Gasteiger partial charge >= 0.3 is 5.97 Å². The van der Waals surface area contributed by atoms with Crippen LogP contribution in [0.15, 0.2) is 36.5 Å². The van der Waals surface area contributed by atoms with E-state index in [0.717, 1.165) is 89.9 Å². The van der Waals surface area contributed by atoms with Crippen LogP contribution in [0.1, 0.15) is 252 Å². The molecule has 6 heteroatoms. The molecule has 0 bridgehead atoms. The van der Waals surface area contributed by atoms with Crippen LogP contribution in [0.3, 0.4) is 0 Å². The van der Waals surface area contributed by atoms with Gasteiger partial charge in [0.2, 0.25) is 5.91 Å². The fourth-order valence-electron chi connectivity index (χ4n) is 7.50. The van der Waals surface area contributed by atoms with Crippen molar-refractivity contribution in [3.05, 3.63) is 36.5 Å². The minimum Gasteiger partial charge on any atom is -0.462 e. The van der Waals surface area contributed by atoms with Crippen molar-refractivity contribution in [3.8, 4) is 0 Å². The zero-order chi connectivity index (χ0) is 41.7. The number of unbranched alkanes of at least 4 members (excludes halogenated alkanes) is 26. The Morgan fingerprint density at radius 3 is 1.44 bits per heavy atom. The molecule has 0 radical (unpaired) electrons. The molecule has 0 aromatic carbocycles. The molecule has 6 nitrogen and oxygen atoms in total. The highest BCUT2D eigenvalue weighted by Gasteiger charge is 2.24. The standard InChI is InChI=1S/C51H95NO5/c1-4-7-10-13-16-19-21-23-25-27-29-32-35-38-41-44-51(56)57-47(42-39-36-33-31-28-26-24-22-20-17-14-11-8-5-2)45-50(55)52-48(46-53)49(54)43-40-37-34-30-18-15-12-9-6-3/h8,11,17,20,24,26,47-49,53-54H,4-7,9-10,12-16,18-19,21-23,25,27-46H2,1-3H3,(H,52,55)/b11-8+,20-17+,26-24+. The molecular formula is C51H95NO5.